The van der Waals surface area contributed by atoms with Crippen molar-refractivity contribution in [2.45, 2.75) is 51.7 Å². The molecule has 1 aromatic rings. The molecule has 3 rings (SSSR count). The van der Waals surface area contributed by atoms with Crippen LogP contribution >= 0.6 is 0 Å². The lowest BCUT2D eigenvalue weighted by Gasteiger charge is -2.55. The molecule has 1 aromatic heterocycles. The first-order valence-corrected chi connectivity index (χ1v) is 9.56. The quantitative estimate of drug-likeness (QED) is 0.795. The summed E-state index contributed by atoms with van der Waals surface area (Å²) in [5.41, 5.74) is 0.227. The highest BCUT2D eigenvalue weighted by molar-refractivity contribution is 5.91. The third-order valence-electron chi connectivity index (χ3n) is 6.40. The SMILES string of the molecule is CC(=O)N1CC2(CCN(C(=O)/C=C/c3ccnn3C)CC2)C[C@@H](O)C1(C)C. The molecule has 2 fully saturated rings. The van der Waals surface area contributed by atoms with Crippen molar-refractivity contribution in [2.24, 2.45) is 12.5 Å². The lowest BCUT2D eigenvalue weighted by Crippen LogP contribution is -2.64. The number of hydrogen-bond acceptors (Lipinski definition) is 4. The van der Waals surface area contributed by atoms with Gasteiger partial charge in [0.15, 0.2) is 0 Å². The van der Waals surface area contributed by atoms with Gasteiger partial charge in [-0.25, -0.2) is 0 Å². The number of nitrogens with zero attached hydrogens (tertiary/aromatic N) is 4. The Kier molecular flexibility index (Phi) is 5.16. The lowest BCUT2D eigenvalue weighted by atomic mass is 9.67. The summed E-state index contributed by atoms with van der Waals surface area (Å²) in [6.07, 6.45) is 6.80. The molecule has 2 amide bonds. The van der Waals surface area contributed by atoms with Crippen molar-refractivity contribution < 1.29 is 14.7 Å². The molecule has 7 nitrogen and oxygen atoms in total. The second kappa shape index (κ2) is 7.11. The van der Waals surface area contributed by atoms with Crippen LogP contribution in [0.25, 0.3) is 6.08 Å². The van der Waals surface area contributed by atoms with Crippen molar-refractivity contribution in [2.75, 3.05) is 19.6 Å². The molecule has 0 saturated carbocycles. The highest BCUT2D eigenvalue weighted by Gasteiger charge is 2.50. The van der Waals surface area contributed by atoms with Gasteiger partial charge >= 0.3 is 0 Å². The maximum absolute atomic E-state index is 12.5. The zero-order valence-corrected chi connectivity index (χ0v) is 16.7. The highest BCUT2D eigenvalue weighted by atomic mass is 16.3. The monoisotopic (exact) mass is 374 g/mol. The van der Waals surface area contributed by atoms with Crippen LogP contribution in [0.1, 0.15) is 45.7 Å². The van der Waals surface area contributed by atoms with Crippen LogP contribution in [0.2, 0.25) is 0 Å². The molecule has 148 valence electrons. The van der Waals surface area contributed by atoms with Crippen molar-refractivity contribution in [1.29, 1.82) is 0 Å². The minimum Gasteiger partial charge on any atom is -0.391 e. The van der Waals surface area contributed by atoms with Crippen molar-refractivity contribution in [3.05, 3.63) is 24.0 Å². The molecule has 7 heteroatoms. The molecule has 0 unspecified atom stereocenters. The molecular formula is C20H30N4O3. The lowest BCUT2D eigenvalue weighted by molar-refractivity contribution is -0.158. The molecule has 0 aromatic carbocycles. The number of likely N-dealkylation sites (tertiary alicyclic amines) is 2. The average molecular weight is 374 g/mol. The molecule has 27 heavy (non-hydrogen) atoms. The Morgan fingerprint density at radius 3 is 2.52 bits per heavy atom. The van der Waals surface area contributed by atoms with E-state index < -0.39 is 11.6 Å². The van der Waals surface area contributed by atoms with Crippen LogP contribution < -0.4 is 0 Å². The first-order chi connectivity index (χ1) is 12.6. The normalized spacial score (nSPS) is 24.6. The van der Waals surface area contributed by atoms with Gasteiger partial charge in [-0.3, -0.25) is 14.3 Å². The summed E-state index contributed by atoms with van der Waals surface area (Å²) in [6, 6.07) is 1.86. The number of hydrogen-bond donors (Lipinski definition) is 1. The van der Waals surface area contributed by atoms with Gasteiger partial charge in [0, 0.05) is 45.9 Å². The third kappa shape index (κ3) is 3.78. The van der Waals surface area contributed by atoms with E-state index in [4.69, 9.17) is 0 Å². The van der Waals surface area contributed by atoms with E-state index in [1.54, 1.807) is 34.9 Å². The Morgan fingerprint density at radius 1 is 1.30 bits per heavy atom. The summed E-state index contributed by atoms with van der Waals surface area (Å²) in [7, 11) is 1.84. The number of aromatic nitrogens is 2. The van der Waals surface area contributed by atoms with Crippen LogP contribution in [0.5, 0.6) is 0 Å². The van der Waals surface area contributed by atoms with Gasteiger partial charge in [0.1, 0.15) is 0 Å². The zero-order chi connectivity index (χ0) is 19.8. The van der Waals surface area contributed by atoms with Gasteiger partial charge in [0.2, 0.25) is 11.8 Å². The Morgan fingerprint density at radius 2 is 1.96 bits per heavy atom. The summed E-state index contributed by atoms with van der Waals surface area (Å²) in [4.78, 5) is 28.3. The minimum atomic E-state index is -0.554. The van der Waals surface area contributed by atoms with Crippen molar-refractivity contribution >= 4 is 17.9 Å². The molecule has 1 spiro atoms. The van der Waals surface area contributed by atoms with Crippen LogP contribution in [-0.4, -0.2) is 67.8 Å². The number of carbonyl (C=O) groups is 2. The molecule has 2 aliphatic heterocycles. The first-order valence-electron chi connectivity index (χ1n) is 9.56. The van der Waals surface area contributed by atoms with Crippen molar-refractivity contribution in [3.8, 4) is 0 Å². The summed E-state index contributed by atoms with van der Waals surface area (Å²) in [6.45, 7) is 7.36. The van der Waals surface area contributed by atoms with E-state index in [1.807, 2.05) is 31.9 Å². The van der Waals surface area contributed by atoms with Gasteiger partial charge in [0.25, 0.3) is 0 Å². The molecule has 0 radical (unpaired) electrons. The van der Waals surface area contributed by atoms with E-state index in [-0.39, 0.29) is 17.2 Å². The van der Waals surface area contributed by atoms with Gasteiger partial charge in [-0.15, -0.1) is 0 Å². The van der Waals surface area contributed by atoms with E-state index in [0.717, 1.165) is 18.5 Å². The fourth-order valence-electron chi connectivity index (χ4n) is 4.33. The van der Waals surface area contributed by atoms with Crippen LogP contribution in [0.4, 0.5) is 0 Å². The van der Waals surface area contributed by atoms with Crippen LogP contribution in [0.15, 0.2) is 18.3 Å². The molecule has 2 aliphatic rings. The number of rotatable bonds is 2. The van der Waals surface area contributed by atoms with Gasteiger partial charge in [-0.2, -0.15) is 5.10 Å². The third-order valence-corrected chi connectivity index (χ3v) is 6.40. The summed E-state index contributed by atoms with van der Waals surface area (Å²) in [5.74, 6) is -0.0121. The van der Waals surface area contributed by atoms with Crippen LogP contribution in [-0.2, 0) is 16.6 Å². The largest absolute Gasteiger partial charge is 0.391 e. The molecule has 0 bridgehead atoms. The molecule has 0 aliphatic carbocycles. The predicted octanol–water partition coefficient (Wildman–Crippen LogP) is 1.43. The van der Waals surface area contributed by atoms with Crippen molar-refractivity contribution in [3.63, 3.8) is 0 Å². The predicted molar refractivity (Wildman–Crippen MR) is 103 cm³/mol. The van der Waals surface area contributed by atoms with Crippen LogP contribution in [0.3, 0.4) is 0 Å². The van der Waals surface area contributed by atoms with E-state index in [2.05, 4.69) is 5.10 Å². The van der Waals surface area contributed by atoms with Crippen molar-refractivity contribution in [1.82, 2.24) is 19.6 Å². The molecule has 1 N–H and O–H groups in total. The summed E-state index contributed by atoms with van der Waals surface area (Å²) in [5, 5.41) is 14.8. The summed E-state index contributed by atoms with van der Waals surface area (Å²) >= 11 is 0. The fraction of sp³-hybridized carbons (Fsp3) is 0.650. The Labute approximate surface area is 160 Å². The number of aliphatic hydroxyl groups excluding tert-OH is 1. The second-order valence-electron chi connectivity index (χ2n) is 8.52. The molecule has 2 saturated heterocycles. The zero-order valence-electron chi connectivity index (χ0n) is 16.7. The first kappa shape index (κ1) is 19.6. The van der Waals surface area contributed by atoms with E-state index in [9.17, 15) is 14.7 Å². The number of amides is 2. The Balaban J connectivity index is 1.64. The number of aliphatic hydroxyl groups is 1. The number of piperidine rings is 2. The maximum Gasteiger partial charge on any atom is 0.246 e. The Hall–Kier alpha value is -2.15. The second-order valence-corrected chi connectivity index (χ2v) is 8.52. The number of carbonyl (C=O) groups excluding carboxylic acids is 2. The maximum atomic E-state index is 12.5. The Bertz CT molecular complexity index is 744. The average Bonchev–Trinajstić information content (AvgIpc) is 3.02. The van der Waals surface area contributed by atoms with Gasteiger partial charge in [0.05, 0.1) is 17.3 Å². The molecule has 1 atom stereocenters. The number of aryl methyl sites for hydroxylation is 1. The van der Waals surface area contributed by atoms with E-state index in [0.29, 0.717) is 26.1 Å². The summed E-state index contributed by atoms with van der Waals surface area (Å²) < 4.78 is 1.72. The molecular weight excluding hydrogens is 344 g/mol. The minimum absolute atomic E-state index is 0.00394. The molecule has 3 heterocycles. The van der Waals surface area contributed by atoms with E-state index >= 15 is 0 Å². The van der Waals surface area contributed by atoms with Gasteiger partial charge < -0.3 is 14.9 Å². The van der Waals surface area contributed by atoms with E-state index in [1.165, 1.54) is 0 Å². The van der Waals surface area contributed by atoms with Crippen LogP contribution in [0, 0.1) is 5.41 Å². The smallest absolute Gasteiger partial charge is 0.246 e. The fourth-order valence-corrected chi connectivity index (χ4v) is 4.33. The standard InChI is InChI=1S/C20H30N4O3/c1-15(25)24-14-20(13-17(26)19(24,2)3)8-11-23(12-9-20)18(27)6-5-16-7-10-21-22(16)4/h5-7,10,17,26H,8-9,11-14H2,1-4H3/b6-5+/t17-/m1/s1. The topological polar surface area (TPSA) is 78.7 Å². The van der Waals surface area contributed by atoms with Gasteiger partial charge in [-0.1, -0.05) is 0 Å². The highest BCUT2D eigenvalue weighted by Crippen LogP contribution is 2.45. The van der Waals surface area contributed by atoms with Gasteiger partial charge in [-0.05, 0) is 50.7 Å².